The second-order valence-electron chi connectivity index (χ2n) is 7.03. The summed E-state index contributed by atoms with van der Waals surface area (Å²) in [5.74, 6) is 0. The summed E-state index contributed by atoms with van der Waals surface area (Å²) in [6.07, 6.45) is 3.79. The molecule has 1 aromatic carbocycles. The molecule has 7 nitrogen and oxygen atoms in total. The van der Waals surface area contributed by atoms with Gasteiger partial charge in [-0.2, -0.15) is 0 Å². The van der Waals surface area contributed by atoms with Crippen LogP contribution >= 0.6 is 0 Å². The maximum absolute atomic E-state index is 12.3. The fourth-order valence-electron chi connectivity index (χ4n) is 3.14. The Bertz CT molecular complexity index is 760. The molecule has 2 heterocycles. The predicted octanol–water partition coefficient (Wildman–Crippen LogP) is 2.26. The first-order valence-corrected chi connectivity index (χ1v) is 9.67. The zero-order valence-electron chi connectivity index (χ0n) is 16.6. The highest BCUT2D eigenvalue weighted by atomic mass is 16.5. The molecule has 2 aromatic rings. The quantitative estimate of drug-likeness (QED) is 0.768. The number of benzene rings is 1. The first-order chi connectivity index (χ1) is 13.7. The Morgan fingerprint density at radius 2 is 1.93 bits per heavy atom. The first kappa shape index (κ1) is 20.3. The highest BCUT2D eigenvalue weighted by Gasteiger charge is 2.16. The Labute approximate surface area is 166 Å². The van der Waals surface area contributed by atoms with Gasteiger partial charge in [-0.1, -0.05) is 12.1 Å². The number of ether oxygens (including phenoxy) is 1. The van der Waals surface area contributed by atoms with Crippen molar-refractivity contribution in [1.29, 1.82) is 0 Å². The van der Waals surface area contributed by atoms with E-state index in [-0.39, 0.29) is 6.03 Å². The Morgan fingerprint density at radius 1 is 1.18 bits per heavy atom. The molecule has 1 aromatic heterocycles. The Balaban J connectivity index is 1.61. The lowest BCUT2D eigenvalue weighted by Gasteiger charge is -2.26. The average Bonchev–Trinajstić information content (AvgIpc) is 2.73. The van der Waals surface area contributed by atoms with Gasteiger partial charge in [-0.15, -0.1) is 0 Å². The molecule has 7 heteroatoms. The molecule has 28 heavy (non-hydrogen) atoms. The second kappa shape index (κ2) is 10.2. The molecule has 0 radical (unpaired) electrons. The van der Waals surface area contributed by atoms with Crippen molar-refractivity contribution in [2.24, 2.45) is 0 Å². The van der Waals surface area contributed by atoms with Crippen LogP contribution in [0.25, 0.3) is 11.1 Å². The van der Waals surface area contributed by atoms with E-state index in [1.165, 1.54) is 5.56 Å². The molecule has 1 fully saturated rings. The van der Waals surface area contributed by atoms with Crippen LogP contribution in [0.15, 0.2) is 42.7 Å². The van der Waals surface area contributed by atoms with Crippen LogP contribution in [0.4, 0.5) is 10.5 Å². The number of amides is 2. The highest BCUT2D eigenvalue weighted by molar-refractivity contribution is 5.89. The predicted molar refractivity (Wildman–Crippen MR) is 111 cm³/mol. The minimum Gasteiger partial charge on any atom is -0.378 e. The maximum atomic E-state index is 12.3. The Morgan fingerprint density at radius 3 is 2.64 bits per heavy atom. The zero-order chi connectivity index (χ0) is 19.8. The maximum Gasteiger partial charge on any atom is 0.321 e. The molecule has 2 N–H and O–H groups in total. The standard InChI is InChI=1S/C21H29N5O2/c1-22-7-8-25(2)16-17-13-19(15-23-14-17)18-3-5-20(6-4-18)24-21(27)26-9-11-28-12-10-26/h3-6,13-15,22H,7-12,16H2,1-2H3,(H,24,27). The lowest BCUT2D eigenvalue weighted by molar-refractivity contribution is 0.0564. The highest BCUT2D eigenvalue weighted by Crippen LogP contribution is 2.22. The van der Waals surface area contributed by atoms with Crippen LogP contribution in [0.2, 0.25) is 0 Å². The van der Waals surface area contributed by atoms with Crippen LogP contribution in [0.1, 0.15) is 5.56 Å². The Hall–Kier alpha value is -2.48. The van der Waals surface area contributed by atoms with Crippen molar-refractivity contribution < 1.29 is 9.53 Å². The lowest BCUT2D eigenvalue weighted by atomic mass is 10.1. The van der Waals surface area contributed by atoms with Gasteiger partial charge in [-0.3, -0.25) is 4.98 Å². The third-order valence-electron chi connectivity index (χ3n) is 4.76. The number of anilines is 1. The molecule has 0 unspecified atom stereocenters. The number of morpholine rings is 1. The van der Waals surface area contributed by atoms with Gasteiger partial charge in [0.2, 0.25) is 0 Å². The van der Waals surface area contributed by atoms with E-state index >= 15 is 0 Å². The third kappa shape index (κ3) is 5.76. The SMILES string of the molecule is CNCCN(C)Cc1cncc(-c2ccc(NC(=O)N3CCOCC3)cc2)c1. The summed E-state index contributed by atoms with van der Waals surface area (Å²) >= 11 is 0. The van der Waals surface area contributed by atoms with E-state index in [1.54, 1.807) is 4.90 Å². The van der Waals surface area contributed by atoms with E-state index < -0.39 is 0 Å². The van der Waals surface area contributed by atoms with Gasteiger partial charge in [0.05, 0.1) is 13.2 Å². The van der Waals surface area contributed by atoms with Crippen LogP contribution in [-0.2, 0) is 11.3 Å². The van der Waals surface area contributed by atoms with Crippen molar-refractivity contribution in [3.8, 4) is 11.1 Å². The molecule has 1 saturated heterocycles. The fraction of sp³-hybridized carbons (Fsp3) is 0.429. The van der Waals surface area contributed by atoms with Gasteiger partial charge < -0.3 is 25.2 Å². The molecule has 0 saturated carbocycles. The molecule has 3 rings (SSSR count). The van der Waals surface area contributed by atoms with E-state index in [2.05, 4.69) is 33.6 Å². The molecule has 1 aliphatic rings. The number of hydrogen-bond donors (Lipinski definition) is 2. The fourth-order valence-corrected chi connectivity index (χ4v) is 3.14. The van der Waals surface area contributed by atoms with E-state index in [9.17, 15) is 4.79 Å². The molecule has 0 bridgehead atoms. The van der Waals surface area contributed by atoms with Crippen molar-refractivity contribution in [1.82, 2.24) is 20.1 Å². The summed E-state index contributed by atoms with van der Waals surface area (Å²) in [5.41, 5.74) is 4.12. The van der Waals surface area contributed by atoms with Crippen molar-refractivity contribution in [2.45, 2.75) is 6.54 Å². The topological polar surface area (TPSA) is 69.7 Å². The van der Waals surface area contributed by atoms with Crippen molar-refractivity contribution in [3.63, 3.8) is 0 Å². The summed E-state index contributed by atoms with van der Waals surface area (Å²) in [6, 6.07) is 9.98. The molecule has 0 atom stereocenters. The van der Waals surface area contributed by atoms with E-state index in [1.807, 2.05) is 43.7 Å². The number of carbonyl (C=O) groups is 1. The summed E-state index contributed by atoms with van der Waals surface area (Å²) in [7, 11) is 4.07. The summed E-state index contributed by atoms with van der Waals surface area (Å²) in [4.78, 5) is 20.7. The van der Waals surface area contributed by atoms with Gasteiger partial charge in [-0.05, 0) is 43.4 Å². The van der Waals surface area contributed by atoms with Crippen molar-refractivity contribution in [3.05, 3.63) is 48.3 Å². The summed E-state index contributed by atoms with van der Waals surface area (Å²) < 4.78 is 5.28. The van der Waals surface area contributed by atoms with Crippen LogP contribution in [0.5, 0.6) is 0 Å². The van der Waals surface area contributed by atoms with Gasteiger partial charge >= 0.3 is 6.03 Å². The van der Waals surface area contributed by atoms with Gasteiger partial charge in [0.25, 0.3) is 0 Å². The number of rotatable bonds is 7. The second-order valence-corrected chi connectivity index (χ2v) is 7.03. The number of aromatic nitrogens is 1. The van der Waals surface area contributed by atoms with Crippen LogP contribution in [-0.4, -0.2) is 74.3 Å². The lowest BCUT2D eigenvalue weighted by Crippen LogP contribution is -2.43. The number of nitrogens with one attached hydrogen (secondary N) is 2. The van der Waals surface area contributed by atoms with Crippen LogP contribution < -0.4 is 10.6 Å². The zero-order valence-corrected chi connectivity index (χ0v) is 16.6. The van der Waals surface area contributed by atoms with E-state index in [0.29, 0.717) is 26.3 Å². The molecule has 0 aliphatic carbocycles. The third-order valence-corrected chi connectivity index (χ3v) is 4.76. The van der Waals surface area contributed by atoms with Crippen LogP contribution in [0.3, 0.4) is 0 Å². The molecule has 150 valence electrons. The summed E-state index contributed by atoms with van der Waals surface area (Å²) in [6.45, 7) is 5.26. The molecular formula is C21H29N5O2. The Kier molecular flexibility index (Phi) is 7.36. The number of urea groups is 1. The average molecular weight is 383 g/mol. The summed E-state index contributed by atoms with van der Waals surface area (Å²) in [5, 5.41) is 6.12. The normalized spacial score (nSPS) is 14.3. The molecule has 1 aliphatic heterocycles. The van der Waals surface area contributed by atoms with Gasteiger partial charge in [0, 0.05) is 56.4 Å². The van der Waals surface area contributed by atoms with E-state index in [4.69, 9.17) is 4.74 Å². The number of pyridine rings is 1. The minimum atomic E-state index is -0.0793. The largest absolute Gasteiger partial charge is 0.378 e. The van der Waals surface area contributed by atoms with Crippen molar-refractivity contribution >= 4 is 11.7 Å². The van der Waals surface area contributed by atoms with Crippen LogP contribution in [0, 0.1) is 0 Å². The minimum absolute atomic E-state index is 0.0793. The molecular weight excluding hydrogens is 354 g/mol. The van der Waals surface area contributed by atoms with Gasteiger partial charge in [-0.25, -0.2) is 4.79 Å². The molecule has 2 amide bonds. The molecule has 0 spiro atoms. The van der Waals surface area contributed by atoms with E-state index in [0.717, 1.165) is 36.4 Å². The number of hydrogen-bond acceptors (Lipinski definition) is 5. The van der Waals surface area contributed by atoms with Crippen molar-refractivity contribution in [2.75, 3.05) is 58.8 Å². The smallest absolute Gasteiger partial charge is 0.321 e. The van der Waals surface area contributed by atoms with Gasteiger partial charge in [0.1, 0.15) is 0 Å². The van der Waals surface area contributed by atoms with Gasteiger partial charge in [0.15, 0.2) is 0 Å². The number of carbonyl (C=O) groups excluding carboxylic acids is 1. The number of nitrogens with zero attached hydrogens (tertiary/aromatic N) is 3. The first-order valence-electron chi connectivity index (χ1n) is 9.67. The monoisotopic (exact) mass is 383 g/mol. The number of likely N-dealkylation sites (N-methyl/N-ethyl adjacent to an activating group) is 2.